The summed E-state index contributed by atoms with van der Waals surface area (Å²) in [6.07, 6.45) is 2.13. The molecule has 0 amide bonds. The summed E-state index contributed by atoms with van der Waals surface area (Å²) in [4.78, 5) is 21.1. The van der Waals surface area contributed by atoms with Gasteiger partial charge in [-0.3, -0.25) is 14.9 Å². The lowest BCUT2D eigenvalue weighted by atomic mass is 9.93. The van der Waals surface area contributed by atoms with Crippen molar-refractivity contribution in [3.63, 3.8) is 0 Å². The summed E-state index contributed by atoms with van der Waals surface area (Å²) in [5.41, 5.74) is 1.12. The Kier molecular flexibility index (Phi) is 3.98. The second-order valence-corrected chi connectivity index (χ2v) is 3.69. The van der Waals surface area contributed by atoms with Gasteiger partial charge < -0.3 is 5.11 Å². The Morgan fingerprint density at radius 1 is 1.65 bits per heavy atom. The zero-order valence-electron chi connectivity index (χ0n) is 9.42. The Hall–Kier alpha value is -2.17. The molecule has 90 valence electrons. The number of rotatable bonds is 5. The third-order valence-electron chi connectivity index (χ3n) is 2.54. The van der Waals surface area contributed by atoms with Crippen LogP contribution in [0.2, 0.25) is 0 Å². The molecule has 5 heteroatoms. The highest BCUT2D eigenvalue weighted by Crippen LogP contribution is 2.25. The monoisotopic (exact) mass is 235 g/mol. The topological polar surface area (TPSA) is 80.4 Å². The molecule has 0 aromatic heterocycles. The standard InChI is InChI=1S/C12H13NO4/c1-3-4-9-5-6-10(13(16)17)7-11(9)8(2)12(14)15/h3,5-8H,1,4H2,2H3,(H,14,15). The average Bonchev–Trinajstić information content (AvgIpc) is 2.28. The minimum absolute atomic E-state index is 0.0964. The molecule has 0 aliphatic heterocycles. The van der Waals surface area contributed by atoms with Crippen LogP contribution >= 0.6 is 0 Å². The average molecular weight is 235 g/mol. The fourth-order valence-corrected chi connectivity index (χ4v) is 1.57. The molecular weight excluding hydrogens is 222 g/mol. The largest absolute Gasteiger partial charge is 0.481 e. The molecule has 0 saturated carbocycles. The summed E-state index contributed by atoms with van der Waals surface area (Å²) in [5.74, 6) is -1.78. The number of nitro benzene ring substituents is 1. The first kappa shape index (κ1) is 12.9. The van der Waals surface area contributed by atoms with Gasteiger partial charge in [0.2, 0.25) is 0 Å². The number of nitro groups is 1. The maximum atomic E-state index is 10.9. The molecule has 0 heterocycles. The molecule has 17 heavy (non-hydrogen) atoms. The van der Waals surface area contributed by atoms with E-state index in [1.165, 1.54) is 19.1 Å². The minimum Gasteiger partial charge on any atom is -0.481 e. The summed E-state index contributed by atoms with van der Waals surface area (Å²) >= 11 is 0. The van der Waals surface area contributed by atoms with Crippen molar-refractivity contribution in [2.75, 3.05) is 0 Å². The van der Waals surface area contributed by atoms with Crippen LogP contribution in [0.5, 0.6) is 0 Å². The number of allylic oxidation sites excluding steroid dienone is 1. The van der Waals surface area contributed by atoms with Crippen LogP contribution in [-0.2, 0) is 11.2 Å². The van der Waals surface area contributed by atoms with Crippen molar-refractivity contribution < 1.29 is 14.8 Å². The third kappa shape index (κ3) is 2.90. The highest BCUT2D eigenvalue weighted by molar-refractivity contribution is 5.76. The number of carboxylic acids is 1. The van der Waals surface area contributed by atoms with Gasteiger partial charge in [-0.1, -0.05) is 12.1 Å². The van der Waals surface area contributed by atoms with Crippen molar-refractivity contribution in [3.05, 3.63) is 52.1 Å². The summed E-state index contributed by atoms with van der Waals surface area (Å²) in [6, 6.07) is 4.27. The first-order valence-corrected chi connectivity index (χ1v) is 5.08. The van der Waals surface area contributed by atoms with Crippen LogP contribution < -0.4 is 0 Å². The highest BCUT2D eigenvalue weighted by atomic mass is 16.6. The van der Waals surface area contributed by atoms with E-state index in [0.29, 0.717) is 12.0 Å². The number of carboxylic acid groups (broad SMARTS) is 1. The normalized spacial score (nSPS) is 11.8. The quantitative estimate of drug-likeness (QED) is 0.483. The predicted octanol–water partition coefficient (Wildman–Crippen LogP) is 2.51. The first-order valence-electron chi connectivity index (χ1n) is 5.08. The van der Waals surface area contributed by atoms with E-state index in [1.807, 2.05) is 0 Å². The molecular formula is C12H13NO4. The van der Waals surface area contributed by atoms with Gasteiger partial charge in [-0.25, -0.2) is 0 Å². The number of nitrogens with zero attached hydrogens (tertiary/aromatic N) is 1. The summed E-state index contributed by atoms with van der Waals surface area (Å²) in [6.45, 7) is 5.09. The second-order valence-electron chi connectivity index (χ2n) is 3.69. The van der Waals surface area contributed by atoms with Crippen molar-refractivity contribution in [3.8, 4) is 0 Å². The molecule has 1 atom stereocenters. The SMILES string of the molecule is C=CCc1ccc([N+](=O)[O-])cc1C(C)C(=O)O. The molecule has 1 N–H and O–H groups in total. The fraction of sp³-hybridized carbons (Fsp3) is 0.250. The van der Waals surface area contributed by atoms with Gasteiger partial charge in [-0.15, -0.1) is 6.58 Å². The van der Waals surface area contributed by atoms with E-state index in [0.717, 1.165) is 5.56 Å². The summed E-state index contributed by atoms with van der Waals surface area (Å²) in [7, 11) is 0. The highest BCUT2D eigenvalue weighted by Gasteiger charge is 2.20. The van der Waals surface area contributed by atoms with Gasteiger partial charge in [0, 0.05) is 12.1 Å². The van der Waals surface area contributed by atoms with Gasteiger partial charge in [0.15, 0.2) is 0 Å². The summed E-state index contributed by atoms with van der Waals surface area (Å²) in [5, 5.41) is 19.6. The molecule has 0 radical (unpaired) electrons. The van der Waals surface area contributed by atoms with Gasteiger partial charge in [0.05, 0.1) is 10.8 Å². The van der Waals surface area contributed by atoms with Crippen LogP contribution in [0.4, 0.5) is 5.69 Å². The second kappa shape index (κ2) is 5.25. The lowest BCUT2D eigenvalue weighted by molar-refractivity contribution is -0.384. The summed E-state index contributed by atoms with van der Waals surface area (Å²) < 4.78 is 0. The number of benzene rings is 1. The molecule has 1 aromatic carbocycles. The van der Waals surface area contributed by atoms with Crippen molar-refractivity contribution in [2.45, 2.75) is 19.3 Å². The van der Waals surface area contributed by atoms with E-state index in [2.05, 4.69) is 6.58 Å². The van der Waals surface area contributed by atoms with E-state index < -0.39 is 16.8 Å². The molecule has 0 bridgehead atoms. The van der Waals surface area contributed by atoms with Gasteiger partial charge in [-0.05, 0) is 24.5 Å². The van der Waals surface area contributed by atoms with Crippen LogP contribution in [0.15, 0.2) is 30.9 Å². The Morgan fingerprint density at radius 2 is 2.29 bits per heavy atom. The van der Waals surface area contributed by atoms with Crippen molar-refractivity contribution in [1.29, 1.82) is 0 Å². The number of carbonyl (C=O) groups is 1. The van der Waals surface area contributed by atoms with Crippen LogP contribution in [0.1, 0.15) is 24.0 Å². The van der Waals surface area contributed by atoms with Crippen molar-refractivity contribution >= 4 is 11.7 Å². The maximum absolute atomic E-state index is 10.9. The zero-order valence-corrected chi connectivity index (χ0v) is 9.42. The molecule has 1 unspecified atom stereocenters. The Bertz CT molecular complexity index is 468. The smallest absolute Gasteiger partial charge is 0.310 e. The van der Waals surface area contributed by atoms with E-state index >= 15 is 0 Å². The third-order valence-corrected chi connectivity index (χ3v) is 2.54. The molecule has 0 spiro atoms. The predicted molar refractivity (Wildman–Crippen MR) is 63.0 cm³/mol. The van der Waals surface area contributed by atoms with Gasteiger partial charge in [0.25, 0.3) is 5.69 Å². The van der Waals surface area contributed by atoms with E-state index in [4.69, 9.17) is 5.11 Å². The Morgan fingerprint density at radius 3 is 2.76 bits per heavy atom. The molecule has 1 rings (SSSR count). The van der Waals surface area contributed by atoms with Crippen molar-refractivity contribution in [2.24, 2.45) is 0 Å². The van der Waals surface area contributed by atoms with E-state index in [-0.39, 0.29) is 5.69 Å². The van der Waals surface area contributed by atoms with Gasteiger partial charge in [-0.2, -0.15) is 0 Å². The number of aliphatic carboxylic acids is 1. The molecule has 0 saturated heterocycles. The number of hydrogen-bond donors (Lipinski definition) is 1. The Labute approximate surface area is 98.5 Å². The van der Waals surface area contributed by atoms with Gasteiger partial charge >= 0.3 is 5.97 Å². The van der Waals surface area contributed by atoms with E-state index in [1.54, 1.807) is 12.1 Å². The molecule has 0 aliphatic carbocycles. The van der Waals surface area contributed by atoms with Crippen LogP contribution in [-0.4, -0.2) is 16.0 Å². The minimum atomic E-state index is -1.00. The molecule has 5 nitrogen and oxygen atoms in total. The van der Waals surface area contributed by atoms with Crippen LogP contribution in [0.3, 0.4) is 0 Å². The van der Waals surface area contributed by atoms with Crippen LogP contribution in [0.25, 0.3) is 0 Å². The molecule has 1 aromatic rings. The molecule has 0 fully saturated rings. The Balaban J connectivity index is 3.28. The number of hydrogen-bond acceptors (Lipinski definition) is 3. The van der Waals surface area contributed by atoms with Crippen LogP contribution in [0, 0.1) is 10.1 Å². The fourth-order valence-electron chi connectivity index (χ4n) is 1.57. The van der Waals surface area contributed by atoms with E-state index in [9.17, 15) is 14.9 Å². The zero-order chi connectivity index (χ0) is 13.0. The first-order chi connectivity index (χ1) is 7.97. The van der Waals surface area contributed by atoms with Gasteiger partial charge in [0.1, 0.15) is 0 Å². The van der Waals surface area contributed by atoms with Crippen molar-refractivity contribution in [1.82, 2.24) is 0 Å². The lowest BCUT2D eigenvalue weighted by Crippen LogP contribution is -2.10. The maximum Gasteiger partial charge on any atom is 0.310 e. The number of non-ortho nitro benzene ring substituents is 1. The lowest BCUT2D eigenvalue weighted by Gasteiger charge is -2.11. The molecule has 0 aliphatic rings.